The molecule has 10 heteroatoms. The lowest BCUT2D eigenvalue weighted by molar-refractivity contribution is -0.113. The van der Waals surface area contributed by atoms with Crippen molar-refractivity contribution in [2.24, 2.45) is 0 Å². The molecule has 1 amide bonds. The molecule has 0 aliphatic carbocycles. The summed E-state index contributed by atoms with van der Waals surface area (Å²) in [6.45, 7) is -2.90. The smallest absolute Gasteiger partial charge is 0.387 e. The second kappa shape index (κ2) is 7.58. The number of nitrogens with two attached hydrogens (primary N) is 1. The number of anilines is 2. The van der Waals surface area contributed by atoms with Gasteiger partial charge in [-0.05, 0) is 24.3 Å². The van der Waals surface area contributed by atoms with Gasteiger partial charge in [0.15, 0.2) is 5.16 Å². The Kier molecular flexibility index (Phi) is 5.52. The Bertz CT molecular complexity index is 737. The zero-order valence-corrected chi connectivity index (χ0v) is 12.4. The molecule has 2 aromatic rings. The lowest BCUT2D eigenvalue weighted by atomic mass is 10.3. The van der Waals surface area contributed by atoms with E-state index in [2.05, 4.69) is 20.0 Å². The van der Waals surface area contributed by atoms with E-state index in [0.717, 1.165) is 17.8 Å². The molecule has 0 bridgehead atoms. The van der Waals surface area contributed by atoms with E-state index < -0.39 is 12.2 Å². The summed E-state index contributed by atoms with van der Waals surface area (Å²) in [5, 5.41) is 2.80. The van der Waals surface area contributed by atoms with Crippen molar-refractivity contribution in [3.63, 3.8) is 0 Å². The van der Waals surface area contributed by atoms with Crippen molar-refractivity contribution in [1.82, 2.24) is 9.97 Å². The van der Waals surface area contributed by atoms with Crippen LogP contribution in [0.3, 0.4) is 0 Å². The molecule has 1 aromatic heterocycles. The topological polar surface area (TPSA) is 110 Å². The van der Waals surface area contributed by atoms with Gasteiger partial charge in [-0.1, -0.05) is 11.8 Å². The van der Waals surface area contributed by atoms with Crippen molar-refractivity contribution in [2.75, 3.05) is 16.8 Å². The van der Waals surface area contributed by atoms with E-state index in [-0.39, 0.29) is 28.4 Å². The summed E-state index contributed by atoms with van der Waals surface area (Å²) in [4.78, 5) is 29.3. The minimum absolute atomic E-state index is 0.00564. The summed E-state index contributed by atoms with van der Waals surface area (Å²) < 4.78 is 28.2. The number of carbonyl (C=O) groups excluding carboxylic acids is 1. The first-order valence-electron chi connectivity index (χ1n) is 6.27. The number of amides is 1. The van der Waals surface area contributed by atoms with Gasteiger partial charge >= 0.3 is 6.61 Å². The van der Waals surface area contributed by atoms with Crippen molar-refractivity contribution < 1.29 is 18.3 Å². The van der Waals surface area contributed by atoms with Crippen LogP contribution in [0.5, 0.6) is 5.75 Å². The van der Waals surface area contributed by atoms with Gasteiger partial charge in [0.05, 0.1) is 5.75 Å². The SMILES string of the molecule is Nc1cc(=O)[nH]c(SCC(=O)Nc2ccc(OC(F)F)cc2)n1. The Morgan fingerprint density at radius 3 is 2.70 bits per heavy atom. The molecule has 2 rings (SSSR count). The van der Waals surface area contributed by atoms with Gasteiger partial charge in [-0.2, -0.15) is 8.78 Å². The number of aromatic nitrogens is 2. The van der Waals surface area contributed by atoms with Gasteiger partial charge in [0.2, 0.25) is 5.91 Å². The monoisotopic (exact) mass is 342 g/mol. The number of benzene rings is 1. The number of ether oxygens (including phenoxy) is 1. The lowest BCUT2D eigenvalue weighted by Gasteiger charge is -2.07. The van der Waals surface area contributed by atoms with Gasteiger partial charge in [0.1, 0.15) is 11.6 Å². The zero-order valence-electron chi connectivity index (χ0n) is 11.6. The molecule has 0 aliphatic heterocycles. The predicted molar refractivity (Wildman–Crippen MR) is 81.7 cm³/mol. The van der Waals surface area contributed by atoms with Crippen LogP contribution in [0.4, 0.5) is 20.3 Å². The number of rotatable bonds is 6. The van der Waals surface area contributed by atoms with E-state index in [1.54, 1.807) is 0 Å². The van der Waals surface area contributed by atoms with Crippen molar-refractivity contribution in [1.29, 1.82) is 0 Å². The van der Waals surface area contributed by atoms with Crippen LogP contribution in [0.2, 0.25) is 0 Å². The Morgan fingerprint density at radius 1 is 1.39 bits per heavy atom. The van der Waals surface area contributed by atoms with Crippen LogP contribution in [0.1, 0.15) is 0 Å². The summed E-state index contributed by atoms with van der Waals surface area (Å²) in [6.07, 6.45) is 0. The quantitative estimate of drug-likeness (QED) is 0.544. The van der Waals surface area contributed by atoms with Crippen molar-refractivity contribution in [3.8, 4) is 5.75 Å². The molecule has 7 nitrogen and oxygen atoms in total. The molecule has 23 heavy (non-hydrogen) atoms. The third-order valence-corrected chi connectivity index (χ3v) is 3.32. The minimum atomic E-state index is -2.90. The second-order valence-electron chi connectivity index (χ2n) is 4.22. The number of nitrogens with one attached hydrogen (secondary N) is 2. The van der Waals surface area contributed by atoms with Crippen LogP contribution in [0, 0.1) is 0 Å². The molecular formula is C13H12F2N4O3S. The number of alkyl halides is 2. The van der Waals surface area contributed by atoms with Gasteiger partial charge in [-0.15, -0.1) is 0 Å². The second-order valence-corrected chi connectivity index (χ2v) is 5.18. The molecule has 0 unspecified atom stereocenters. The molecular weight excluding hydrogens is 330 g/mol. The van der Waals surface area contributed by atoms with E-state index in [1.165, 1.54) is 24.3 Å². The molecule has 1 aromatic carbocycles. The van der Waals surface area contributed by atoms with Gasteiger partial charge in [-0.25, -0.2) is 4.98 Å². The Balaban J connectivity index is 1.88. The third-order valence-electron chi connectivity index (χ3n) is 2.44. The van der Waals surface area contributed by atoms with E-state index in [1.807, 2.05) is 0 Å². The molecule has 4 N–H and O–H groups in total. The fourth-order valence-electron chi connectivity index (χ4n) is 1.57. The number of carbonyl (C=O) groups is 1. The van der Waals surface area contributed by atoms with E-state index in [0.29, 0.717) is 5.69 Å². The Labute approximate surface area is 133 Å². The normalized spacial score (nSPS) is 10.6. The highest BCUT2D eigenvalue weighted by molar-refractivity contribution is 7.99. The molecule has 0 atom stereocenters. The molecule has 0 saturated carbocycles. The van der Waals surface area contributed by atoms with Crippen LogP contribution >= 0.6 is 11.8 Å². The van der Waals surface area contributed by atoms with Gasteiger partial charge in [-0.3, -0.25) is 9.59 Å². The number of H-pyrrole nitrogens is 1. The zero-order chi connectivity index (χ0) is 16.8. The number of aromatic amines is 1. The standard InChI is InChI=1S/C13H12F2N4O3S/c14-12(15)22-8-3-1-7(2-4-8)17-11(21)6-23-13-18-9(16)5-10(20)19-13/h1-5,12H,6H2,(H,17,21)(H3,16,18,19,20). The number of hydrogen-bond donors (Lipinski definition) is 3. The largest absolute Gasteiger partial charge is 0.435 e. The van der Waals surface area contributed by atoms with Crippen molar-refractivity contribution in [2.45, 2.75) is 11.8 Å². The first-order chi connectivity index (χ1) is 10.9. The highest BCUT2D eigenvalue weighted by Crippen LogP contribution is 2.18. The van der Waals surface area contributed by atoms with Crippen LogP contribution in [0.15, 0.2) is 40.3 Å². The van der Waals surface area contributed by atoms with Crippen LogP contribution in [-0.2, 0) is 4.79 Å². The Hall–Kier alpha value is -2.62. The Morgan fingerprint density at radius 2 is 2.09 bits per heavy atom. The molecule has 0 spiro atoms. The number of thioether (sulfide) groups is 1. The van der Waals surface area contributed by atoms with Gasteiger partial charge < -0.3 is 20.8 Å². The lowest BCUT2D eigenvalue weighted by Crippen LogP contribution is -2.15. The van der Waals surface area contributed by atoms with E-state index in [4.69, 9.17) is 5.73 Å². The molecule has 122 valence electrons. The first kappa shape index (κ1) is 16.7. The maximum absolute atomic E-state index is 12.0. The highest BCUT2D eigenvalue weighted by Gasteiger charge is 2.07. The summed E-state index contributed by atoms with van der Waals surface area (Å²) in [7, 11) is 0. The fraction of sp³-hybridized carbons (Fsp3) is 0.154. The highest BCUT2D eigenvalue weighted by atomic mass is 32.2. The maximum atomic E-state index is 12.0. The molecule has 1 heterocycles. The number of halogens is 2. The van der Waals surface area contributed by atoms with E-state index >= 15 is 0 Å². The van der Waals surface area contributed by atoms with Crippen molar-refractivity contribution in [3.05, 3.63) is 40.7 Å². The fourth-order valence-corrected chi connectivity index (χ4v) is 2.26. The van der Waals surface area contributed by atoms with Gasteiger partial charge in [0.25, 0.3) is 5.56 Å². The minimum Gasteiger partial charge on any atom is -0.435 e. The van der Waals surface area contributed by atoms with E-state index in [9.17, 15) is 18.4 Å². The summed E-state index contributed by atoms with van der Waals surface area (Å²) >= 11 is 1.01. The van der Waals surface area contributed by atoms with Crippen LogP contribution in [0.25, 0.3) is 0 Å². The average Bonchev–Trinajstić information content (AvgIpc) is 2.46. The summed E-state index contributed by atoms with van der Waals surface area (Å²) in [6, 6.07) is 6.62. The average molecular weight is 342 g/mol. The van der Waals surface area contributed by atoms with Crippen LogP contribution < -0.4 is 21.3 Å². The summed E-state index contributed by atoms with van der Waals surface area (Å²) in [5.74, 6) is -0.315. The summed E-state index contributed by atoms with van der Waals surface area (Å²) in [5.41, 5.74) is 5.44. The maximum Gasteiger partial charge on any atom is 0.387 e. The third kappa shape index (κ3) is 5.58. The first-order valence-corrected chi connectivity index (χ1v) is 7.25. The predicted octanol–water partition coefficient (Wildman–Crippen LogP) is 1.68. The number of nitrogen functional groups attached to an aromatic ring is 1. The molecule has 0 radical (unpaired) electrons. The molecule has 0 fully saturated rings. The van der Waals surface area contributed by atoms with Gasteiger partial charge in [0, 0.05) is 11.8 Å². The van der Waals surface area contributed by atoms with Crippen molar-refractivity contribution >= 4 is 29.2 Å². The number of nitrogens with zero attached hydrogens (tertiary/aromatic N) is 1. The number of hydrogen-bond acceptors (Lipinski definition) is 6. The van der Waals surface area contributed by atoms with Crippen LogP contribution in [-0.4, -0.2) is 28.2 Å². The molecule has 0 aliphatic rings. The molecule has 0 saturated heterocycles.